The van der Waals surface area contributed by atoms with E-state index in [1.807, 2.05) is 10.9 Å². The molecule has 1 aromatic heterocycles. The van der Waals surface area contributed by atoms with Gasteiger partial charge in [-0.2, -0.15) is 5.10 Å². The molecule has 1 aliphatic heterocycles. The Labute approximate surface area is 108 Å². The molecule has 0 saturated carbocycles. The van der Waals surface area contributed by atoms with Crippen molar-refractivity contribution < 1.29 is 0 Å². The first-order valence-electron chi connectivity index (χ1n) is 6.65. The van der Waals surface area contributed by atoms with Gasteiger partial charge in [-0.3, -0.25) is 4.68 Å². The normalized spacial score (nSPS) is 14.7. The van der Waals surface area contributed by atoms with Gasteiger partial charge in [0.15, 0.2) is 0 Å². The van der Waals surface area contributed by atoms with Crippen molar-refractivity contribution in [3.8, 4) is 11.1 Å². The predicted molar refractivity (Wildman–Crippen MR) is 74.9 cm³/mol. The van der Waals surface area contributed by atoms with Gasteiger partial charge in [0.1, 0.15) is 0 Å². The maximum atomic E-state index is 4.34. The fourth-order valence-corrected chi connectivity index (χ4v) is 2.65. The van der Waals surface area contributed by atoms with Crippen LogP contribution in [-0.2, 0) is 13.0 Å². The highest BCUT2D eigenvalue weighted by molar-refractivity contribution is 5.68. The summed E-state index contributed by atoms with van der Waals surface area (Å²) in [7, 11) is 2.17. The van der Waals surface area contributed by atoms with Crippen molar-refractivity contribution in [2.45, 2.75) is 26.3 Å². The van der Waals surface area contributed by atoms with Crippen molar-refractivity contribution in [1.29, 1.82) is 0 Å². The van der Waals surface area contributed by atoms with E-state index in [2.05, 4.69) is 48.4 Å². The summed E-state index contributed by atoms with van der Waals surface area (Å²) < 4.78 is 1.97. The van der Waals surface area contributed by atoms with Gasteiger partial charge >= 0.3 is 0 Å². The molecule has 0 bridgehead atoms. The fraction of sp³-hybridized carbons (Fsp3) is 0.400. The van der Waals surface area contributed by atoms with Gasteiger partial charge in [-0.05, 0) is 43.0 Å². The second-order valence-corrected chi connectivity index (χ2v) is 4.95. The second kappa shape index (κ2) is 4.48. The van der Waals surface area contributed by atoms with E-state index in [1.165, 1.54) is 41.8 Å². The van der Waals surface area contributed by atoms with Crippen LogP contribution in [0.25, 0.3) is 11.1 Å². The lowest BCUT2D eigenvalue weighted by molar-refractivity contribution is 0.660. The molecule has 0 saturated heterocycles. The van der Waals surface area contributed by atoms with Crippen LogP contribution in [0.3, 0.4) is 0 Å². The molecular formula is C15H19N3. The molecule has 3 nitrogen and oxygen atoms in total. The van der Waals surface area contributed by atoms with E-state index < -0.39 is 0 Å². The van der Waals surface area contributed by atoms with E-state index >= 15 is 0 Å². The number of nitrogens with zero attached hydrogens (tertiary/aromatic N) is 3. The Morgan fingerprint density at radius 1 is 1.28 bits per heavy atom. The summed E-state index contributed by atoms with van der Waals surface area (Å²) in [5, 5.41) is 4.34. The average Bonchev–Trinajstić information content (AvgIpc) is 2.87. The fourth-order valence-electron chi connectivity index (χ4n) is 2.65. The van der Waals surface area contributed by atoms with E-state index in [-0.39, 0.29) is 0 Å². The quantitative estimate of drug-likeness (QED) is 0.806. The minimum absolute atomic E-state index is 0.924. The Bertz CT molecular complexity index is 557. The number of rotatable bonds is 2. The first-order chi connectivity index (χ1) is 8.78. The molecule has 0 radical (unpaired) electrons. The number of aryl methyl sites for hydroxylation is 2. The molecule has 0 atom stereocenters. The van der Waals surface area contributed by atoms with Crippen LogP contribution in [0.1, 0.15) is 18.9 Å². The van der Waals surface area contributed by atoms with Gasteiger partial charge in [0, 0.05) is 37.6 Å². The van der Waals surface area contributed by atoms with Crippen LogP contribution in [0.4, 0.5) is 5.69 Å². The van der Waals surface area contributed by atoms with Crippen LogP contribution in [0.2, 0.25) is 0 Å². The lowest BCUT2D eigenvalue weighted by atomic mass is 9.98. The van der Waals surface area contributed by atoms with Gasteiger partial charge < -0.3 is 4.90 Å². The highest BCUT2D eigenvalue weighted by Crippen LogP contribution is 2.30. The highest BCUT2D eigenvalue weighted by Gasteiger charge is 2.14. The highest BCUT2D eigenvalue weighted by atomic mass is 15.3. The number of aromatic nitrogens is 2. The zero-order valence-corrected chi connectivity index (χ0v) is 11.1. The predicted octanol–water partition coefficient (Wildman–Crippen LogP) is 2.95. The molecule has 2 heterocycles. The summed E-state index contributed by atoms with van der Waals surface area (Å²) in [5.41, 5.74) is 5.34. The van der Waals surface area contributed by atoms with E-state index in [4.69, 9.17) is 0 Å². The van der Waals surface area contributed by atoms with Crippen molar-refractivity contribution in [2.75, 3.05) is 18.5 Å². The first kappa shape index (κ1) is 11.3. The summed E-state index contributed by atoms with van der Waals surface area (Å²) in [5.74, 6) is 0. The molecular weight excluding hydrogens is 222 g/mol. The smallest absolute Gasteiger partial charge is 0.0568 e. The lowest BCUT2D eigenvalue weighted by Crippen LogP contribution is -2.24. The Balaban J connectivity index is 1.99. The third kappa shape index (κ3) is 1.90. The molecule has 0 fully saturated rings. The number of fused-ring (bicyclic) bond motifs is 1. The van der Waals surface area contributed by atoms with Crippen LogP contribution in [-0.4, -0.2) is 23.4 Å². The summed E-state index contributed by atoms with van der Waals surface area (Å²) in [6.07, 6.45) is 6.52. The lowest BCUT2D eigenvalue weighted by Gasteiger charge is -2.27. The summed E-state index contributed by atoms with van der Waals surface area (Å²) in [6.45, 7) is 4.20. The Kier molecular flexibility index (Phi) is 2.82. The Morgan fingerprint density at radius 2 is 2.17 bits per heavy atom. The molecule has 0 aliphatic carbocycles. The van der Waals surface area contributed by atoms with E-state index in [1.54, 1.807) is 0 Å². The molecule has 0 unspecified atom stereocenters. The topological polar surface area (TPSA) is 21.1 Å². The minimum Gasteiger partial charge on any atom is -0.374 e. The van der Waals surface area contributed by atoms with Crippen molar-refractivity contribution in [3.63, 3.8) is 0 Å². The van der Waals surface area contributed by atoms with Crippen LogP contribution >= 0.6 is 0 Å². The van der Waals surface area contributed by atoms with Gasteiger partial charge in [-0.25, -0.2) is 0 Å². The Morgan fingerprint density at radius 3 is 2.94 bits per heavy atom. The summed E-state index contributed by atoms with van der Waals surface area (Å²) in [6, 6.07) is 6.77. The van der Waals surface area contributed by atoms with E-state index in [0.29, 0.717) is 0 Å². The van der Waals surface area contributed by atoms with Crippen LogP contribution in [0.15, 0.2) is 30.6 Å². The van der Waals surface area contributed by atoms with E-state index in [0.717, 1.165) is 6.54 Å². The maximum absolute atomic E-state index is 4.34. The molecule has 0 N–H and O–H groups in total. The van der Waals surface area contributed by atoms with Crippen molar-refractivity contribution in [3.05, 3.63) is 36.2 Å². The zero-order valence-electron chi connectivity index (χ0n) is 11.1. The molecule has 1 aliphatic rings. The number of anilines is 1. The third-order valence-electron chi connectivity index (χ3n) is 3.72. The molecule has 0 amide bonds. The number of benzene rings is 1. The van der Waals surface area contributed by atoms with Crippen LogP contribution in [0.5, 0.6) is 0 Å². The number of hydrogen-bond acceptors (Lipinski definition) is 2. The van der Waals surface area contributed by atoms with Gasteiger partial charge in [-0.1, -0.05) is 6.07 Å². The molecule has 18 heavy (non-hydrogen) atoms. The minimum atomic E-state index is 0.924. The molecule has 0 spiro atoms. The molecule has 3 heteroatoms. The molecule has 1 aromatic carbocycles. The third-order valence-corrected chi connectivity index (χ3v) is 3.72. The summed E-state index contributed by atoms with van der Waals surface area (Å²) in [4.78, 5) is 2.35. The molecule has 2 aromatic rings. The van der Waals surface area contributed by atoms with Crippen molar-refractivity contribution >= 4 is 5.69 Å². The Hall–Kier alpha value is -1.77. The second-order valence-electron chi connectivity index (χ2n) is 4.95. The van der Waals surface area contributed by atoms with Crippen LogP contribution < -0.4 is 4.90 Å². The monoisotopic (exact) mass is 241 g/mol. The van der Waals surface area contributed by atoms with Crippen LogP contribution in [0, 0.1) is 0 Å². The number of hydrogen-bond donors (Lipinski definition) is 0. The van der Waals surface area contributed by atoms with Gasteiger partial charge in [0.05, 0.1) is 6.20 Å². The van der Waals surface area contributed by atoms with Crippen molar-refractivity contribution in [2.24, 2.45) is 0 Å². The maximum Gasteiger partial charge on any atom is 0.0568 e. The van der Waals surface area contributed by atoms with Gasteiger partial charge in [-0.15, -0.1) is 0 Å². The zero-order chi connectivity index (χ0) is 12.5. The van der Waals surface area contributed by atoms with Gasteiger partial charge in [0.25, 0.3) is 0 Å². The first-order valence-corrected chi connectivity index (χ1v) is 6.65. The molecule has 3 rings (SSSR count). The SMILES string of the molecule is CCn1cc(-c2ccc3c(c2)CCCN3C)cn1. The largest absolute Gasteiger partial charge is 0.374 e. The van der Waals surface area contributed by atoms with E-state index in [9.17, 15) is 0 Å². The average molecular weight is 241 g/mol. The van der Waals surface area contributed by atoms with Crippen molar-refractivity contribution in [1.82, 2.24) is 9.78 Å². The van der Waals surface area contributed by atoms with Gasteiger partial charge in [0.2, 0.25) is 0 Å². The molecule has 94 valence electrons. The summed E-state index contributed by atoms with van der Waals surface area (Å²) >= 11 is 0. The standard InChI is InChI=1S/C15H19N3/c1-3-18-11-14(10-16-18)12-6-7-15-13(9-12)5-4-8-17(15)2/h6-7,9-11H,3-5,8H2,1-2H3.